The predicted molar refractivity (Wildman–Crippen MR) is 123 cm³/mol. The first-order valence-corrected chi connectivity index (χ1v) is 13.1. The number of rotatable bonds is 6. The van der Waals surface area contributed by atoms with Crippen LogP contribution in [0.3, 0.4) is 0 Å². The molecule has 4 rings (SSSR count). The fraction of sp³-hybridized carbons (Fsp3) is 0.852. The Balaban J connectivity index is 1.68. The zero-order chi connectivity index (χ0) is 24.9. The smallest absolute Gasteiger partial charge is 0.306 e. The molecule has 0 heterocycles. The van der Waals surface area contributed by atoms with Crippen LogP contribution < -0.4 is 0 Å². The van der Waals surface area contributed by atoms with Crippen LogP contribution in [0.1, 0.15) is 91.9 Å². The van der Waals surface area contributed by atoms with Gasteiger partial charge in [-0.05, 0) is 67.6 Å². The second-order valence-electron chi connectivity index (χ2n) is 11.6. The third-order valence-electron chi connectivity index (χ3n) is 10.2. The van der Waals surface area contributed by atoms with Crippen molar-refractivity contribution in [3.63, 3.8) is 0 Å². The number of carbonyl (C=O) groups is 4. The van der Waals surface area contributed by atoms with Crippen LogP contribution in [-0.4, -0.2) is 46.9 Å². The molecule has 7 nitrogen and oxygen atoms in total. The zero-order valence-corrected chi connectivity index (χ0v) is 21.1. The number of aliphatic hydroxyl groups is 1. The molecule has 7 heteroatoms. The maximum absolute atomic E-state index is 13.6. The standard InChI is InChI=1S/C27H40O7/c1-5-22(31)33-15-21(30)27(34-23(32)6-2)12-10-19-18-8-7-16-13-17(28)9-11-25(16,3)24(18)20(29)14-26(19,27)4/h16,18-20,24,29H,5-15H2,1-4H3/t16?,18?,19?,20-,24+,25-,26-,27-/m0/s1. The lowest BCUT2D eigenvalue weighted by Crippen LogP contribution is -2.64. The van der Waals surface area contributed by atoms with Gasteiger partial charge in [0, 0.05) is 31.1 Å². The molecular weight excluding hydrogens is 436 g/mol. The van der Waals surface area contributed by atoms with Crippen molar-refractivity contribution in [3.05, 3.63) is 0 Å². The highest BCUT2D eigenvalue weighted by atomic mass is 16.6. The van der Waals surface area contributed by atoms with Gasteiger partial charge in [-0.15, -0.1) is 0 Å². The highest BCUT2D eigenvalue weighted by Gasteiger charge is 2.70. The van der Waals surface area contributed by atoms with Gasteiger partial charge in [0.05, 0.1) is 6.10 Å². The summed E-state index contributed by atoms with van der Waals surface area (Å²) in [5.74, 6) is -0.272. The summed E-state index contributed by atoms with van der Waals surface area (Å²) in [7, 11) is 0. The van der Waals surface area contributed by atoms with E-state index in [2.05, 4.69) is 6.92 Å². The summed E-state index contributed by atoms with van der Waals surface area (Å²) in [6.07, 6.45) is 4.99. The summed E-state index contributed by atoms with van der Waals surface area (Å²) in [6, 6.07) is 0. The van der Waals surface area contributed by atoms with Gasteiger partial charge in [-0.3, -0.25) is 19.2 Å². The van der Waals surface area contributed by atoms with E-state index in [-0.39, 0.29) is 41.8 Å². The highest BCUT2D eigenvalue weighted by Crippen LogP contribution is 2.69. The summed E-state index contributed by atoms with van der Waals surface area (Å²) >= 11 is 0. The van der Waals surface area contributed by atoms with Crippen LogP contribution >= 0.6 is 0 Å². The Morgan fingerprint density at radius 3 is 2.41 bits per heavy atom. The summed E-state index contributed by atoms with van der Waals surface area (Å²) in [5, 5.41) is 11.6. The van der Waals surface area contributed by atoms with Gasteiger partial charge in [0.25, 0.3) is 0 Å². The molecule has 0 saturated heterocycles. The van der Waals surface area contributed by atoms with Crippen LogP contribution in [-0.2, 0) is 28.7 Å². The average molecular weight is 477 g/mol. The maximum Gasteiger partial charge on any atom is 0.306 e. The molecule has 0 spiro atoms. The summed E-state index contributed by atoms with van der Waals surface area (Å²) in [6.45, 7) is 7.19. The monoisotopic (exact) mass is 476 g/mol. The number of carbonyl (C=O) groups excluding carboxylic acids is 4. The van der Waals surface area contributed by atoms with Crippen molar-refractivity contribution in [2.75, 3.05) is 6.61 Å². The first-order valence-electron chi connectivity index (χ1n) is 13.1. The number of ether oxygens (including phenoxy) is 2. The number of esters is 2. The minimum atomic E-state index is -1.40. The van der Waals surface area contributed by atoms with E-state index in [1.165, 1.54) is 0 Å². The van der Waals surface area contributed by atoms with Crippen LogP contribution in [0.5, 0.6) is 0 Å². The Hall–Kier alpha value is -1.76. The number of Topliss-reactive ketones (excluding diaryl/α,β-unsaturated/α-hetero) is 2. The van der Waals surface area contributed by atoms with E-state index in [0.717, 1.165) is 25.7 Å². The molecule has 0 bridgehead atoms. The molecule has 3 unspecified atom stereocenters. The van der Waals surface area contributed by atoms with Crippen LogP contribution in [0.2, 0.25) is 0 Å². The quantitative estimate of drug-likeness (QED) is 0.581. The van der Waals surface area contributed by atoms with Gasteiger partial charge in [-0.1, -0.05) is 27.7 Å². The van der Waals surface area contributed by atoms with Crippen molar-refractivity contribution in [1.29, 1.82) is 0 Å². The molecule has 0 radical (unpaired) electrons. The summed E-state index contributed by atoms with van der Waals surface area (Å²) < 4.78 is 11.2. The zero-order valence-electron chi connectivity index (χ0n) is 21.1. The van der Waals surface area contributed by atoms with Crippen molar-refractivity contribution in [3.8, 4) is 0 Å². The third-order valence-corrected chi connectivity index (χ3v) is 10.2. The minimum Gasteiger partial charge on any atom is -0.457 e. The van der Waals surface area contributed by atoms with Gasteiger partial charge >= 0.3 is 11.9 Å². The number of fused-ring (bicyclic) bond motifs is 5. The molecule has 0 aliphatic heterocycles. The number of aliphatic hydroxyl groups excluding tert-OH is 1. The molecule has 4 saturated carbocycles. The van der Waals surface area contributed by atoms with Gasteiger partial charge in [0.1, 0.15) is 5.78 Å². The Morgan fingerprint density at radius 2 is 1.74 bits per heavy atom. The van der Waals surface area contributed by atoms with Crippen LogP contribution in [0, 0.1) is 34.5 Å². The molecule has 0 amide bonds. The fourth-order valence-electron chi connectivity index (χ4n) is 8.47. The van der Waals surface area contributed by atoms with E-state index >= 15 is 0 Å². The van der Waals surface area contributed by atoms with Gasteiger partial charge in [-0.25, -0.2) is 0 Å². The van der Waals surface area contributed by atoms with Crippen molar-refractivity contribution in [2.45, 2.75) is 104 Å². The molecule has 0 aromatic heterocycles. The molecule has 190 valence electrons. The second kappa shape index (κ2) is 9.03. The van der Waals surface area contributed by atoms with E-state index in [4.69, 9.17) is 9.47 Å². The largest absolute Gasteiger partial charge is 0.457 e. The van der Waals surface area contributed by atoms with E-state index in [0.29, 0.717) is 37.4 Å². The molecule has 4 aliphatic carbocycles. The number of hydrogen-bond acceptors (Lipinski definition) is 7. The molecular formula is C27H40O7. The number of hydrogen-bond donors (Lipinski definition) is 1. The topological polar surface area (TPSA) is 107 Å². The van der Waals surface area contributed by atoms with Crippen LogP contribution in [0.25, 0.3) is 0 Å². The normalized spacial score (nSPS) is 43.3. The fourth-order valence-corrected chi connectivity index (χ4v) is 8.47. The Bertz CT molecular complexity index is 867. The van der Waals surface area contributed by atoms with Crippen molar-refractivity contribution < 1.29 is 33.8 Å². The molecule has 4 aliphatic rings. The van der Waals surface area contributed by atoms with Gasteiger partial charge in [0.15, 0.2) is 12.2 Å². The van der Waals surface area contributed by atoms with E-state index in [1.807, 2.05) is 6.92 Å². The Labute approximate surface area is 202 Å². The molecule has 34 heavy (non-hydrogen) atoms. The van der Waals surface area contributed by atoms with Crippen LogP contribution in [0.15, 0.2) is 0 Å². The summed E-state index contributed by atoms with van der Waals surface area (Å²) in [4.78, 5) is 50.1. The lowest BCUT2D eigenvalue weighted by Gasteiger charge is -2.62. The molecule has 0 aromatic rings. The minimum absolute atomic E-state index is 0.0723. The van der Waals surface area contributed by atoms with Crippen molar-refractivity contribution in [1.82, 2.24) is 0 Å². The highest BCUT2D eigenvalue weighted by molar-refractivity contribution is 5.93. The Morgan fingerprint density at radius 1 is 1.03 bits per heavy atom. The van der Waals surface area contributed by atoms with E-state index in [1.54, 1.807) is 13.8 Å². The predicted octanol–water partition coefficient (Wildman–Crippen LogP) is 3.78. The maximum atomic E-state index is 13.6. The van der Waals surface area contributed by atoms with Crippen LogP contribution in [0.4, 0.5) is 0 Å². The number of ketones is 2. The van der Waals surface area contributed by atoms with Crippen molar-refractivity contribution >= 4 is 23.5 Å². The second-order valence-corrected chi connectivity index (χ2v) is 11.6. The Kier molecular flexibility index (Phi) is 6.73. The first-order chi connectivity index (χ1) is 16.0. The third kappa shape index (κ3) is 3.73. The lowest BCUT2D eigenvalue weighted by atomic mass is 9.43. The average Bonchev–Trinajstić information content (AvgIpc) is 3.09. The van der Waals surface area contributed by atoms with Gasteiger partial charge in [-0.2, -0.15) is 0 Å². The SMILES string of the molecule is CCC(=O)OCC(=O)[C@@]1(OC(=O)CC)CCC2C3CCC4CC(=O)CC[C@]4(C)[C@H]3[C@@H](O)C[C@@]21C. The summed E-state index contributed by atoms with van der Waals surface area (Å²) in [5.41, 5.74) is -2.23. The van der Waals surface area contributed by atoms with Gasteiger partial charge < -0.3 is 14.6 Å². The van der Waals surface area contributed by atoms with Gasteiger partial charge in [0.2, 0.25) is 5.78 Å². The van der Waals surface area contributed by atoms with E-state index < -0.39 is 35.7 Å². The molecule has 0 aromatic carbocycles. The first kappa shape index (κ1) is 25.3. The molecule has 8 atom stereocenters. The molecule has 1 N–H and O–H groups in total. The molecule has 4 fully saturated rings. The lowest BCUT2D eigenvalue weighted by molar-refractivity contribution is -0.212. The van der Waals surface area contributed by atoms with E-state index in [9.17, 15) is 24.3 Å². The van der Waals surface area contributed by atoms with Crippen molar-refractivity contribution in [2.24, 2.45) is 34.5 Å².